The van der Waals surface area contributed by atoms with Crippen LogP contribution < -0.4 is 0 Å². The van der Waals surface area contributed by atoms with Crippen molar-refractivity contribution in [2.75, 3.05) is 0 Å². The van der Waals surface area contributed by atoms with Gasteiger partial charge in [-0.3, -0.25) is 0 Å². The van der Waals surface area contributed by atoms with Gasteiger partial charge >= 0.3 is 0 Å². The number of hydrogen-bond acceptors (Lipinski definition) is 2. The van der Waals surface area contributed by atoms with E-state index in [2.05, 4.69) is 11.6 Å². The maximum absolute atomic E-state index is 5.59. The van der Waals surface area contributed by atoms with Gasteiger partial charge in [0.15, 0.2) is 4.47 Å². The molecular weight excluding hydrogens is 177 g/mol. The minimum absolute atomic E-state index is 0.431. The average Bonchev–Trinajstić information content (AvgIpc) is 2.10. The van der Waals surface area contributed by atoms with E-state index in [1.807, 2.05) is 0 Å². The highest BCUT2D eigenvalue weighted by atomic mass is 35.5. The molecule has 1 nitrogen and oxygen atoms in total. The van der Waals surface area contributed by atoms with Gasteiger partial charge in [-0.15, -0.1) is 11.3 Å². The lowest BCUT2D eigenvalue weighted by Crippen LogP contribution is -1.61. The van der Waals surface area contributed by atoms with Gasteiger partial charge in [0.05, 0.1) is 4.88 Å². The molecule has 0 unspecified atom stereocenters. The Labute approximate surface area is 66.9 Å². The second-order valence-electron chi connectivity index (χ2n) is 1.33. The number of rotatable bonds is 1. The van der Waals surface area contributed by atoms with E-state index < -0.39 is 0 Å². The van der Waals surface area contributed by atoms with Crippen LogP contribution in [0.4, 0.5) is 0 Å². The van der Waals surface area contributed by atoms with Crippen LogP contribution in [0.1, 0.15) is 4.88 Å². The minimum Gasteiger partial charge on any atom is -0.212 e. The third kappa shape index (κ3) is 1.45. The molecule has 0 aliphatic heterocycles. The standard InChI is InChI=1S/C5H3Cl2NS/c1-2-3-4(6)8-5(7)9-3/h2H,1H2. The Morgan fingerprint density at radius 2 is 2.22 bits per heavy atom. The first kappa shape index (κ1) is 7.06. The van der Waals surface area contributed by atoms with Gasteiger partial charge in [-0.2, -0.15) is 0 Å². The first-order valence-electron chi connectivity index (χ1n) is 2.18. The van der Waals surface area contributed by atoms with E-state index >= 15 is 0 Å². The predicted octanol–water partition coefficient (Wildman–Crippen LogP) is 3.09. The lowest BCUT2D eigenvalue weighted by atomic mass is 10.5. The molecule has 0 aliphatic rings. The summed E-state index contributed by atoms with van der Waals surface area (Å²) in [7, 11) is 0. The predicted molar refractivity (Wildman–Crippen MR) is 42.2 cm³/mol. The highest BCUT2D eigenvalue weighted by Crippen LogP contribution is 2.26. The summed E-state index contributed by atoms with van der Waals surface area (Å²) in [5.41, 5.74) is 0. The molecule has 48 valence electrons. The van der Waals surface area contributed by atoms with E-state index in [9.17, 15) is 0 Å². The van der Waals surface area contributed by atoms with E-state index in [1.54, 1.807) is 6.08 Å². The molecule has 0 spiro atoms. The SMILES string of the molecule is C=Cc1sc(Cl)nc1Cl. The average molecular weight is 180 g/mol. The van der Waals surface area contributed by atoms with Crippen LogP contribution >= 0.6 is 34.5 Å². The maximum atomic E-state index is 5.59. The fraction of sp³-hybridized carbons (Fsp3) is 0. The van der Waals surface area contributed by atoms with Gasteiger partial charge in [-0.1, -0.05) is 29.8 Å². The van der Waals surface area contributed by atoms with Crippen molar-refractivity contribution in [1.82, 2.24) is 4.98 Å². The van der Waals surface area contributed by atoms with Crippen LogP contribution in [0.5, 0.6) is 0 Å². The topological polar surface area (TPSA) is 12.9 Å². The zero-order valence-electron chi connectivity index (χ0n) is 4.40. The Balaban J connectivity index is 3.15. The van der Waals surface area contributed by atoms with Crippen molar-refractivity contribution < 1.29 is 0 Å². The summed E-state index contributed by atoms with van der Waals surface area (Å²) in [4.78, 5) is 4.58. The van der Waals surface area contributed by atoms with Crippen LogP contribution in [0.2, 0.25) is 9.62 Å². The molecule has 1 rings (SSSR count). The zero-order valence-corrected chi connectivity index (χ0v) is 6.72. The molecule has 0 saturated heterocycles. The lowest BCUT2D eigenvalue weighted by Gasteiger charge is -1.77. The van der Waals surface area contributed by atoms with Gasteiger partial charge in [0.2, 0.25) is 0 Å². The summed E-state index contributed by atoms with van der Waals surface area (Å²) in [5.74, 6) is 0. The summed E-state index contributed by atoms with van der Waals surface area (Å²) in [6.45, 7) is 3.53. The van der Waals surface area contributed by atoms with Crippen LogP contribution in [0, 0.1) is 0 Å². The molecule has 0 saturated carbocycles. The first-order chi connectivity index (χ1) is 4.24. The monoisotopic (exact) mass is 179 g/mol. The van der Waals surface area contributed by atoms with Crippen molar-refractivity contribution in [2.24, 2.45) is 0 Å². The smallest absolute Gasteiger partial charge is 0.185 e. The van der Waals surface area contributed by atoms with E-state index in [1.165, 1.54) is 11.3 Å². The highest BCUT2D eigenvalue weighted by molar-refractivity contribution is 7.17. The molecule has 0 fully saturated rings. The van der Waals surface area contributed by atoms with Crippen molar-refractivity contribution in [3.05, 3.63) is 21.1 Å². The summed E-state index contributed by atoms with van der Waals surface area (Å²) < 4.78 is 0.454. The zero-order chi connectivity index (χ0) is 6.85. The van der Waals surface area contributed by atoms with Crippen molar-refractivity contribution in [2.45, 2.75) is 0 Å². The lowest BCUT2D eigenvalue weighted by molar-refractivity contribution is 1.42. The Morgan fingerprint density at radius 1 is 1.56 bits per heavy atom. The molecule has 9 heavy (non-hydrogen) atoms. The second-order valence-corrected chi connectivity index (χ2v) is 3.30. The maximum Gasteiger partial charge on any atom is 0.185 e. The number of halogens is 2. The number of thiazole rings is 1. The van der Waals surface area contributed by atoms with E-state index in [0.717, 1.165) is 4.88 Å². The van der Waals surface area contributed by atoms with Crippen molar-refractivity contribution in [1.29, 1.82) is 0 Å². The van der Waals surface area contributed by atoms with E-state index in [4.69, 9.17) is 23.2 Å². The van der Waals surface area contributed by atoms with Crippen LogP contribution in [0.25, 0.3) is 6.08 Å². The third-order valence-electron chi connectivity index (χ3n) is 0.769. The summed E-state index contributed by atoms with van der Waals surface area (Å²) in [6.07, 6.45) is 1.63. The second kappa shape index (κ2) is 2.69. The molecule has 0 aromatic carbocycles. The number of hydrogen-bond donors (Lipinski definition) is 0. The molecule has 0 radical (unpaired) electrons. The summed E-state index contributed by atoms with van der Waals surface area (Å²) in [5, 5.41) is 0.431. The third-order valence-corrected chi connectivity index (χ3v) is 2.32. The van der Waals surface area contributed by atoms with Crippen LogP contribution in [0.3, 0.4) is 0 Å². The molecule has 0 bridgehead atoms. The molecule has 0 N–H and O–H groups in total. The van der Waals surface area contributed by atoms with E-state index in [-0.39, 0.29) is 0 Å². The summed E-state index contributed by atoms with van der Waals surface area (Å²) >= 11 is 12.4. The fourth-order valence-electron chi connectivity index (χ4n) is 0.414. The first-order valence-corrected chi connectivity index (χ1v) is 3.75. The highest BCUT2D eigenvalue weighted by Gasteiger charge is 2.01. The quantitative estimate of drug-likeness (QED) is 0.646. The molecule has 0 atom stereocenters. The summed E-state index contributed by atoms with van der Waals surface area (Å²) in [6, 6.07) is 0. The Bertz CT molecular complexity index is 231. The van der Waals surface area contributed by atoms with Gasteiger partial charge in [0.1, 0.15) is 5.15 Å². The van der Waals surface area contributed by atoms with Crippen LogP contribution in [-0.4, -0.2) is 4.98 Å². The van der Waals surface area contributed by atoms with Crippen LogP contribution in [0.15, 0.2) is 6.58 Å². The number of aromatic nitrogens is 1. The van der Waals surface area contributed by atoms with Gasteiger partial charge in [0, 0.05) is 0 Å². The molecule has 1 aromatic heterocycles. The molecule has 0 aliphatic carbocycles. The minimum atomic E-state index is 0.431. The van der Waals surface area contributed by atoms with Gasteiger partial charge < -0.3 is 0 Å². The Morgan fingerprint density at radius 3 is 2.44 bits per heavy atom. The van der Waals surface area contributed by atoms with Crippen LogP contribution in [-0.2, 0) is 0 Å². The Kier molecular flexibility index (Phi) is 2.11. The molecule has 4 heteroatoms. The number of nitrogens with zero attached hydrogens (tertiary/aromatic N) is 1. The van der Waals surface area contributed by atoms with Gasteiger partial charge in [-0.05, 0) is 6.08 Å². The largest absolute Gasteiger partial charge is 0.212 e. The molecule has 1 aromatic rings. The molecule has 0 amide bonds. The van der Waals surface area contributed by atoms with Crippen molar-refractivity contribution in [3.63, 3.8) is 0 Å². The normalized spacial score (nSPS) is 9.56. The fourth-order valence-corrected chi connectivity index (χ4v) is 1.65. The van der Waals surface area contributed by atoms with Gasteiger partial charge in [-0.25, -0.2) is 4.98 Å². The van der Waals surface area contributed by atoms with Gasteiger partial charge in [0.25, 0.3) is 0 Å². The molecule has 1 heterocycles. The van der Waals surface area contributed by atoms with E-state index in [0.29, 0.717) is 9.62 Å². The van der Waals surface area contributed by atoms with Crippen molar-refractivity contribution >= 4 is 40.6 Å². The Hall–Kier alpha value is -0.0500. The van der Waals surface area contributed by atoms with Crippen molar-refractivity contribution in [3.8, 4) is 0 Å². The molecular formula is C5H3Cl2NS.